The molecule has 1 aliphatic heterocycles. The Balaban J connectivity index is 2.16. The van der Waals surface area contributed by atoms with Crippen LogP contribution in [0.1, 0.15) is 28.4 Å². The average Bonchev–Trinajstić information content (AvgIpc) is 2.71. The molecule has 0 amide bonds. The third-order valence-corrected chi connectivity index (χ3v) is 2.41. The summed E-state index contributed by atoms with van der Waals surface area (Å²) in [7, 11) is 0. The zero-order chi connectivity index (χ0) is 9.97. The van der Waals surface area contributed by atoms with Crippen LogP contribution in [-0.4, -0.2) is 29.3 Å². The van der Waals surface area contributed by atoms with E-state index in [4.69, 9.17) is 9.84 Å². The van der Waals surface area contributed by atoms with Gasteiger partial charge in [0.1, 0.15) is 5.69 Å². The molecule has 1 unspecified atom stereocenters. The molecular formula is C10H11NO3. The number of aromatic carboxylic acids is 1. The van der Waals surface area contributed by atoms with E-state index in [0.717, 1.165) is 18.6 Å². The summed E-state index contributed by atoms with van der Waals surface area (Å²) in [6.07, 6.45) is 2.62. The van der Waals surface area contributed by atoms with Crippen molar-refractivity contribution in [2.45, 2.75) is 12.3 Å². The Morgan fingerprint density at radius 1 is 1.57 bits per heavy atom. The second kappa shape index (κ2) is 3.75. The van der Waals surface area contributed by atoms with E-state index in [1.54, 1.807) is 6.20 Å². The molecule has 0 spiro atoms. The summed E-state index contributed by atoms with van der Waals surface area (Å²) in [4.78, 5) is 14.4. The maximum atomic E-state index is 10.5. The van der Waals surface area contributed by atoms with E-state index in [-0.39, 0.29) is 5.69 Å². The van der Waals surface area contributed by atoms with Crippen molar-refractivity contribution in [3.05, 3.63) is 29.6 Å². The van der Waals surface area contributed by atoms with Gasteiger partial charge in [-0.3, -0.25) is 0 Å². The first-order valence-electron chi connectivity index (χ1n) is 4.54. The molecule has 0 bridgehead atoms. The number of aromatic nitrogens is 1. The molecular weight excluding hydrogens is 182 g/mol. The Labute approximate surface area is 81.5 Å². The van der Waals surface area contributed by atoms with E-state index >= 15 is 0 Å². The number of pyridine rings is 1. The molecule has 2 rings (SSSR count). The number of rotatable bonds is 2. The number of ether oxygens (including phenoxy) is 1. The molecule has 1 aliphatic rings. The minimum atomic E-state index is -0.987. The molecule has 0 saturated carbocycles. The van der Waals surface area contributed by atoms with Crippen LogP contribution in [0.5, 0.6) is 0 Å². The summed E-state index contributed by atoms with van der Waals surface area (Å²) in [6, 6.07) is 3.35. The van der Waals surface area contributed by atoms with Crippen LogP contribution in [-0.2, 0) is 4.74 Å². The van der Waals surface area contributed by atoms with Gasteiger partial charge >= 0.3 is 5.97 Å². The summed E-state index contributed by atoms with van der Waals surface area (Å²) in [5, 5.41) is 8.65. The Morgan fingerprint density at radius 3 is 2.93 bits per heavy atom. The number of nitrogens with zero attached hydrogens (tertiary/aromatic N) is 1. The fraction of sp³-hybridized carbons (Fsp3) is 0.400. The Kier molecular flexibility index (Phi) is 2.45. The van der Waals surface area contributed by atoms with Gasteiger partial charge in [-0.2, -0.15) is 0 Å². The summed E-state index contributed by atoms with van der Waals surface area (Å²) < 4.78 is 5.25. The zero-order valence-electron chi connectivity index (χ0n) is 7.64. The molecule has 4 heteroatoms. The lowest BCUT2D eigenvalue weighted by Crippen LogP contribution is -2.03. The average molecular weight is 193 g/mol. The second-order valence-corrected chi connectivity index (χ2v) is 3.34. The molecule has 1 atom stereocenters. The van der Waals surface area contributed by atoms with Crippen LogP contribution in [0.4, 0.5) is 0 Å². The van der Waals surface area contributed by atoms with Crippen LogP contribution in [0.15, 0.2) is 18.3 Å². The lowest BCUT2D eigenvalue weighted by Gasteiger charge is -2.06. The van der Waals surface area contributed by atoms with Crippen LogP contribution >= 0.6 is 0 Å². The minimum Gasteiger partial charge on any atom is -0.477 e. The summed E-state index contributed by atoms with van der Waals surface area (Å²) in [5.41, 5.74) is 1.15. The van der Waals surface area contributed by atoms with E-state index < -0.39 is 5.97 Å². The predicted octanol–water partition coefficient (Wildman–Crippen LogP) is 1.28. The molecule has 1 fully saturated rings. The molecule has 0 aromatic carbocycles. The van der Waals surface area contributed by atoms with Crippen LogP contribution in [0.25, 0.3) is 0 Å². The van der Waals surface area contributed by atoms with E-state index in [9.17, 15) is 4.79 Å². The highest BCUT2D eigenvalue weighted by atomic mass is 16.5. The van der Waals surface area contributed by atoms with Gasteiger partial charge in [0.15, 0.2) is 0 Å². The van der Waals surface area contributed by atoms with Gasteiger partial charge in [-0.1, -0.05) is 6.07 Å². The summed E-state index contributed by atoms with van der Waals surface area (Å²) >= 11 is 0. The van der Waals surface area contributed by atoms with Gasteiger partial charge in [-0.15, -0.1) is 0 Å². The largest absolute Gasteiger partial charge is 0.477 e. The minimum absolute atomic E-state index is 0.0904. The van der Waals surface area contributed by atoms with E-state index in [0.29, 0.717) is 12.5 Å². The first-order valence-corrected chi connectivity index (χ1v) is 4.54. The lowest BCUT2D eigenvalue weighted by atomic mass is 10.0. The number of hydrogen-bond acceptors (Lipinski definition) is 3. The third kappa shape index (κ3) is 1.75. The highest BCUT2D eigenvalue weighted by molar-refractivity contribution is 5.85. The van der Waals surface area contributed by atoms with Crippen LogP contribution < -0.4 is 0 Å². The summed E-state index contributed by atoms with van der Waals surface area (Å²) in [5.74, 6) is -0.607. The Hall–Kier alpha value is -1.42. The van der Waals surface area contributed by atoms with Crippen molar-refractivity contribution in [1.29, 1.82) is 0 Å². The standard InChI is InChI=1S/C10H11NO3/c12-10(13)9-2-1-7(5-11-9)8-3-4-14-6-8/h1-2,5,8H,3-4,6H2,(H,12,13). The van der Waals surface area contributed by atoms with E-state index in [1.807, 2.05) is 6.07 Å². The smallest absolute Gasteiger partial charge is 0.354 e. The van der Waals surface area contributed by atoms with Crippen LogP contribution in [0, 0.1) is 0 Å². The quantitative estimate of drug-likeness (QED) is 0.768. The highest BCUT2D eigenvalue weighted by Gasteiger charge is 2.18. The zero-order valence-corrected chi connectivity index (χ0v) is 7.64. The molecule has 1 N–H and O–H groups in total. The fourth-order valence-electron chi connectivity index (χ4n) is 1.57. The maximum absolute atomic E-state index is 10.5. The topological polar surface area (TPSA) is 59.4 Å². The molecule has 1 aromatic heterocycles. The molecule has 0 aliphatic carbocycles. The molecule has 0 radical (unpaired) electrons. The van der Waals surface area contributed by atoms with Crippen molar-refractivity contribution < 1.29 is 14.6 Å². The van der Waals surface area contributed by atoms with Crippen molar-refractivity contribution in [2.75, 3.05) is 13.2 Å². The normalized spacial score (nSPS) is 21.0. The number of carboxylic acids is 1. The molecule has 4 nitrogen and oxygen atoms in total. The van der Waals surface area contributed by atoms with Crippen LogP contribution in [0.3, 0.4) is 0 Å². The van der Waals surface area contributed by atoms with Crippen molar-refractivity contribution in [3.8, 4) is 0 Å². The van der Waals surface area contributed by atoms with Gasteiger partial charge in [0.05, 0.1) is 6.61 Å². The molecule has 74 valence electrons. The fourth-order valence-corrected chi connectivity index (χ4v) is 1.57. The second-order valence-electron chi connectivity index (χ2n) is 3.34. The van der Waals surface area contributed by atoms with E-state index in [2.05, 4.69) is 4.98 Å². The number of carboxylic acid groups (broad SMARTS) is 1. The van der Waals surface area contributed by atoms with Crippen LogP contribution in [0.2, 0.25) is 0 Å². The third-order valence-electron chi connectivity index (χ3n) is 2.41. The van der Waals surface area contributed by atoms with Crippen molar-refractivity contribution in [1.82, 2.24) is 4.98 Å². The molecule has 14 heavy (non-hydrogen) atoms. The first kappa shape index (κ1) is 9.15. The maximum Gasteiger partial charge on any atom is 0.354 e. The number of hydrogen-bond donors (Lipinski definition) is 1. The SMILES string of the molecule is O=C(O)c1ccc(C2CCOC2)cn1. The van der Waals surface area contributed by atoms with Gasteiger partial charge in [0.25, 0.3) is 0 Å². The Morgan fingerprint density at radius 2 is 2.43 bits per heavy atom. The van der Waals surface area contributed by atoms with Crippen molar-refractivity contribution >= 4 is 5.97 Å². The number of carbonyl (C=O) groups is 1. The predicted molar refractivity (Wildman–Crippen MR) is 49.4 cm³/mol. The van der Waals surface area contributed by atoms with Gasteiger partial charge in [-0.25, -0.2) is 9.78 Å². The lowest BCUT2D eigenvalue weighted by molar-refractivity contribution is 0.0690. The molecule has 1 aromatic rings. The van der Waals surface area contributed by atoms with Gasteiger partial charge in [-0.05, 0) is 18.1 Å². The highest BCUT2D eigenvalue weighted by Crippen LogP contribution is 2.24. The van der Waals surface area contributed by atoms with Gasteiger partial charge < -0.3 is 9.84 Å². The van der Waals surface area contributed by atoms with Gasteiger partial charge in [0.2, 0.25) is 0 Å². The Bertz CT molecular complexity index is 328. The monoisotopic (exact) mass is 193 g/mol. The van der Waals surface area contributed by atoms with Gasteiger partial charge in [0, 0.05) is 18.7 Å². The van der Waals surface area contributed by atoms with E-state index in [1.165, 1.54) is 6.07 Å². The van der Waals surface area contributed by atoms with Crippen molar-refractivity contribution in [3.63, 3.8) is 0 Å². The summed E-state index contributed by atoms with van der Waals surface area (Å²) in [6.45, 7) is 1.50. The first-order chi connectivity index (χ1) is 6.77. The molecule has 1 saturated heterocycles. The van der Waals surface area contributed by atoms with Crippen molar-refractivity contribution in [2.24, 2.45) is 0 Å². The molecule has 2 heterocycles.